The Labute approximate surface area is 104 Å². The third-order valence-corrected chi connectivity index (χ3v) is 3.83. The zero-order valence-corrected chi connectivity index (χ0v) is 11.2. The molecule has 0 amide bonds. The number of carboxylic acid groups (broad SMARTS) is 1. The SMILES string of the molecule is CN(CCC1CCOCC1)C(C)(C)CC(=O)O. The van der Waals surface area contributed by atoms with Gasteiger partial charge in [-0.3, -0.25) is 4.79 Å². The molecule has 0 atom stereocenters. The Bertz CT molecular complexity index is 247. The molecule has 1 N–H and O–H groups in total. The van der Waals surface area contributed by atoms with Gasteiger partial charge in [-0.15, -0.1) is 0 Å². The normalized spacial score (nSPS) is 18.6. The van der Waals surface area contributed by atoms with Crippen LogP contribution in [0.3, 0.4) is 0 Å². The van der Waals surface area contributed by atoms with Gasteiger partial charge in [0.15, 0.2) is 0 Å². The van der Waals surface area contributed by atoms with E-state index in [2.05, 4.69) is 4.90 Å². The summed E-state index contributed by atoms with van der Waals surface area (Å²) in [6, 6.07) is 0. The highest BCUT2D eigenvalue weighted by Crippen LogP contribution is 2.22. The molecular weight excluding hydrogens is 218 g/mol. The van der Waals surface area contributed by atoms with E-state index in [1.54, 1.807) is 0 Å². The summed E-state index contributed by atoms with van der Waals surface area (Å²) in [7, 11) is 2.02. The molecule has 0 aromatic carbocycles. The maximum atomic E-state index is 10.8. The first kappa shape index (κ1) is 14.5. The van der Waals surface area contributed by atoms with Gasteiger partial charge in [0.05, 0.1) is 6.42 Å². The minimum atomic E-state index is -0.729. The average molecular weight is 243 g/mol. The van der Waals surface area contributed by atoms with Crippen LogP contribution in [0.4, 0.5) is 0 Å². The topological polar surface area (TPSA) is 49.8 Å². The summed E-state index contributed by atoms with van der Waals surface area (Å²) in [5, 5.41) is 8.87. The zero-order chi connectivity index (χ0) is 12.9. The summed E-state index contributed by atoms with van der Waals surface area (Å²) in [6.07, 6.45) is 3.63. The second kappa shape index (κ2) is 6.36. The van der Waals surface area contributed by atoms with Crippen molar-refractivity contribution in [2.45, 2.75) is 45.1 Å². The van der Waals surface area contributed by atoms with E-state index in [9.17, 15) is 4.79 Å². The molecule has 1 aliphatic rings. The van der Waals surface area contributed by atoms with Crippen LogP contribution in [0, 0.1) is 5.92 Å². The lowest BCUT2D eigenvalue weighted by Crippen LogP contribution is -2.43. The van der Waals surface area contributed by atoms with Crippen molar-refractivity contribution in [1.29, 1.82) is 0 Å². The van der Waals surface area contributed by atoms with E-state index < -0.39 is 5.97 Å². The van der Waals surface area contributed by atoms with Gasteiger partial charge in [0, 0.05) is 18.8 Å². The smallest absolute Gasteiger partial charge is 0.305 e. The van der Waals surface area contributed by atoms with Crippen molar-refractivity contribution in [3.05, 3.63) is 0 Å². The Morgan fingerprint density at radius 3 is 2.53 bits per heavy atom. The van der Waals surface area contributed by atoms with Gasteiger partial charge < -0.3 is 14.7 Å². The van der Waals surface area contributed by atoms with Crippen LogP contribution in [0.5, 0.6) is 0 Å². The van der Waals surface area contributed by atoms with Crippen LogP contribution in [0.1, 0.15) is 39.5 Å². The molecule has 0 aliphatic carbocycles. The summed E-state index contributed by atoms with van der Waals surface area (Å²) in [6.45, 7) is 6.71. The first-order chi connectivity index (χ1) is 7.92. The van der Waals surface area contributed by atoms with Crippen molar-refractivity contribution in [1.82, 2.24) is 4.90 Å². The molecule has 0 spiro atoms. The van der Waals surface area contributed by atoms with E-state index in [1.165, 1.54) is 0 Å². The van der Waals surface area contributed by atoms with Crippen molar-refractivity contribution in [2.75, 3.05) is 26.8 Å². The molecule has 1 aliphatic heterocycles. The third-order valence-electron chi connectivity index (χ3n) is 3.83. The molecular formula is C13H25NO3. The number of carbonyl (C=O) groups is 1. The van der Waals surface area contributed by atoms with Gasteiger partial charge in [0.25, 0.3) is 0 Å². The Kier molecular flexibility index (Phi) is 5.40. The monoisotopic (exact) mass is 243 g/mol. The molecule has 0 aromatic rings. The van der Waals surface area contributed by atoms with Gasteiger partial charge in [-0.2, -0.15) is 0 Å². The van der Waals surface area contributed by atoms with Gasteiger partial charge >= 0.3 is 5.97 Å². The minimum Gasteiger partial charge on any atom is -0.481 e. The third kappa shape index (κ3) is 5.04. The second-order valence-corrected chi connectivity index (χ2v) is 5.65. The Balaban J connectivity index is 2.31. The lowest BCUT2D eigenvalue weighted by Gasteiger charge is -2.35. The van der Waals surface area contributed by atoms with Crippen LogP contribution in [-0.2, 0) is 9.53 Å². The van der Waals surface area contributed by atoms with Gasteiger partial charge in [-0.1, -0.05) is 0 Å². The molecule has 1 fully saturated rings. The minimum absolute atomic E-state index is 0.192. The highest BCUT2D eigenvalue weighted by molar-refractivity contribution is 5.68. The van der Waals surface area contributed by atoms with Crippen molar-refractivity contribution in [3.63, 3.8) is 0 Å². The largest absolute Gasteiger partial charge is 0.481 e. The second-order valence-electron chi connectivity index (χ2n) is 5.65. The quantitative estimate of drug-likeness (QED) is 0.775. The van der Waals surface area contributed by atoms with E-state index in [4.69, 9.17) is 9.84 Å². The zero-order valence-electron chi connectivity index (χ0n) is 11.2. The number of hydrogen-bond donors (Lipinski definition) is 1. The van der Waals surface area contributed by atoms with Gasteiger partial charge in [-0.25, -0.2) is 0 Å². The number of carboxylic acids is 1. The fraction of sp³-hybridized carbons (Fsp3) is 0.923. The van der Waals surface area contributed by atoms with Gasteiger partial charge in [0.1, 0.15) is 0 Å². The molecule has 0 unspecified atom stereocenters. The maximum absolute atomic E-state index is 10.8. The van der Waals surface area contributed by atoms with Crippen LogP contribution in [-0.4, -0.2) is 48.3 Å². The summed E-state index contributed by atoms with van der Waals surface area (Å²) < 4.78 is 5.34. The van der Waals surface area contributed by atoms with Crippen LogP contribution in [0.25, 0.3) is 0 Å². The van der Waals surface area contributed by atoms with Gasteiger partial charge in [0.2, 0.25) is 0 Å². The first-order valence-corrected chi connectivity index (χ1v) is 6.42. The van der Waals surface area contributed by atoms with E-state index in [0.717, 1.165) is 44.9 Å². The molecule has 0 radical (unpaired) electrons. The van der Waals surface area contributed by atoms with E-state index >= 15 is 0 Å². The molecule has 17 heavy (non-hydrogen) atoms. The van der Waals surface area contributed by atoms with Crippen LogP contribution < -0.4 is 0 Å². The van der Waals surface area contributed by atoms with Crippen molar-refractivity contribution >= 4 is 5.97 Å². The van der Waals surface area contributed by atoms with Crippen molar-refractivity contribution in [2.24, 2.45) is 5.92 Å². The molecule has 1 rings (SSSR count). The summed E-state index contributed by atoms with van der Waals surface area (Å²) in [5.41, 5.74) is -0.267. The van der Waals surface area contributed by atoms with Crippen molar-refractivity contribution in [3.8, 4) is 0 Å². The molecule has 0 aromatic heterocycles. The molecule has 4 heteroatoms. The fourth-order valence-corrected chi connectivity index (χ4v) is 2.22. The fourth-order valence-electron chi connectivity index (χ4n) is 2.22. The summed E-state index contributed by atoms with van der Waals surface area (Å²) in [5.74, 6) is 0.0137. The molecule has 1 saturated heterocycles. The first-order valence-electron chi connectivity index (χ1n) is 6.42. The molecule has 1 heterocycles. The molecule has 0 bridgehead atoms. The van der Waals surface area contributed by atoms with Crippen LogP contribution in [0.2, 0.25) is 0 Å². The van der Waals surface area contributed by atoms with E-state index in [0.29, 0.717) is 0 Å². The number of nitrogens with zero attached hydrogens (tertiary/aromatic N) is 1. The maximum Gasteiger partial charge on any atom is 0.305 e. The lowest BCUT2D eigenvalue weighted by molar-refractivity contribution is -0.139. The number of ether oxygens (including phenoxy) is 1. The van der Waals surface area contributed by atoms with Crippen LogP contribution >= 0.6 is 0 Å². The average Bonchev–Trinajstić information content (AvgIpc) is 2.25. The predicted octanol–water partition coefficient (Wildman–Crippen LogP) is 1.99. The Morgan fingerprint density at radius 1 is 1.41 bits per heavy atom. The lowest BCUT2D eigenvalue weighted by atomic mass is 9.94. The molecule has 4 nitrogen and oxygen atoms in total. The highest BCUT2D eigenvalue weighted by atomic mass is 16.5. The Hall–Kier alpha value is -0.610. The summed E-state index contributed by atoms with van der Waals surface area (Å²) in [4.78, 5) is 12.9. The summed E-state index contributed by atoms with van der Waals surface area (Å²) >= 11 is 0. The number of aliphatic carboxylic acids is 1. The Morgan fingerprint density at radius 2 is 2.00 bits per heavy atom. The van der Waals surface area contributed by atoms with E-state index in [1.807, 2.05) is 20.9 Å². The van der Waals surface area contributed by atoms with E-state index in [-0.39, 0.29) is 12.0 Å². The molecule has 0 saturated carbocycles. The van der Waals surface area contributed by atoms with Gasteiger partial charge in [-0.05, 0) is 52.6 Å². The number of rotatable bonds is 6. The standard InChI is InChI=1S/C13H25NO3/c1-13(2,10-12(15)16)14(3)7-4-11-5-8-17-9-6-11/h11H,4-10H2,1-3H3,(H,15,16). The highest BCUT2D eigenvalue weighted by Gasteiger charge is 2.27. The van der Waals surface area contributed by atoms with Crippen molar-refractivity contribution < 1.29 is 14.6 Å². The molecule has 100 valence electrons. The predicted molar refractivity (Wildman–Crippen MR) is 67.1 cm³/mol. The van der Waals surface area contributed by atoms with Crippen LogP contribution in [0.15, 0.2) is 0 Å². The number of hydrogen-bond acceptors (Lipinski definition) is 3.